The fourth-order valence-electron chi connectivity index (χ4n) is 10.8. The lowest BCUT2D eigenvalue weighted by Gasteiger charge is -2.56. The number of anilines is 2. The van der Waals surface area contributed by atoms with E-state index in [-0.39, 0.29) is 23.5 Å². The maximum Gasteiger partial charge on any atom is 0.293 e. The highest BCUT2D eigenvalue weighted by Gasteiger charge is 2.50. The Balaban J connectivity index is 0.902. The van der Waals surface area contributed by atoms with Gasteiger partial charge in [-0.3, -0.25) is 19.8 Å². The molecule has 1 spiro atoms. The van der Waals surface area contributed by atoms with Crippen LogP contribution in [0.25, 0.3) is 11.0 Å². The number of carbonyl (C=O) groups is 1. The molecule has 5 aromatic rings. The minimum atomic E-state index is -4.59. The number of nitro benzene ring substituents is 1. The lowest BCUT2D eigenvalue weighted by molar-refractivity contribution is -0.384. The first kappa shape index (κ1) is 43.7. The fraction of sp³-hybridized carbons (Fsp3) is 0.469. The van der Waals surface area contributed by atoms with Gasteiger partial charge in [0.05, 0.1) is 27.2 Å². The van der Waals surface area contributed by atoms with Gasteiger partial charge in [0.1, 0.15) is 22.8 Å². The van der Waals surface area contributed by atoms with E-state index in [2.05, 4.69) is 74.8 Å². The summed E-state index contributed by atoms with van der Waals surface area (Å²) in [5.74, 6) is 0.545. The minimum Gasteiger partial charge on any atom is -0.455 e. The van der Waals surface area contributed by atoms with Crippen molar-refractivity contribution >= 4 is 44.0 Å². The minimum absolute atomic E-state index is 0.0288. The monoisotopic (exact) mass is 889 g/mol. The van der Waals surface area contributed by atoms with Gasteiger partial charge < -0.3 is 25.0 Å². The third kappa shape index (κ3) is 8.94. The molecule has 2 aliphatic carbocycles. The summed E-state index contributed by atoms with van der Waals surface area (Å²) in [6.07, 6.45) is 13.1. The highest BCUT2D eigenvalue weighted by atomic mass is 32.2. The van der Waals surface area contributed by atoms with Crippen LogP contribution < -0.4 is 19.7 Å². The summed E-state index contributed by atoms with van der Waals surface area (Å²) >= 11 is 0. The van der Waals surface area contributed by atoms with Crippen molar-refractivity contribution < 1.29 is 28.0 Å². The average molecular weight is 890 g/mol. The molecule has 64 heavy (non-hydrogen) atoms. The van der Waals surface area contributed by atoms with Crippen LogP contribution in [0.5, 0.6) is 11.5 Å². The number of ether oxygens (including phenoxy) is 1. The van der Waals surface area contributed by atoms with Crippen LogP contribution in [-0.2, 0) is 10.0 Å². The Hall–Kier alpha value is -5.51. The summed E-state index contributed by atoms with van der Waals surface area (Å²) in [6, 6.07) is 22.3. The molecule has 1 amide bonds. The molecule has 4 fully saturated rings. The normalized spacial score (nSPS) is 22.7. The molecule has 3 aromatic carbocycles. The van der Waals surface area contributed by atoms with Crippen LogP contribution in [0.3, 0.4) is 0 Å². The van der Waals surface area contributed by atoms with Gasteiger partial charge in [-0.05, 0) is 136 Å². The number of likely N-dealkylation sites (tertiary alicyclic amines) is 1. The van der Waals surface area contributed by atoms with Gasteiger partial charge in [0.15, 0.2) is 0 Å². The average Bonchev–Trinajstić information content (AvgIpc) is 3.96. The van der Waals surface area contributed by atoms with E-state index in [9.17, 15) is 28.4 Å². The quantitative estimate of drug-likeness (QED) is 0.0653. The summed E-state index contributed by atoms with van der Waals surface area (Å²) in [7, 11) is -4.59. The second-order valence-corrected chi connectivity index (χ2v) is 20.9. The van der Waals surface area contributed by atoms with Crippen molar-refractivity contribution in [1.29, 1.82) is 0 Å². The topological polar surface area (TPSA) is 183 Å². The molecule has 338 valence electrons. The Morgan fingerprint density at radius 3 is 2.52 bits per heavy atom. The van der Waals surface area contributed by atoms with E-state index in [0.717, 1.165) is 62.5 Å². The van der Waals surface area contributed by atoms with Crippen LogP contribution >= 0.6 is 0 Å². The van der Waals surface area contributed by atoms with Gasteiger partial charge in [-0.1, -0.05) is 45.0 Å². The van der Waals surface area contributed by atoms with Crippen LogP contribution in [0.2, 0.25) is 0 Å². The Labute approximate surface area is 375 Å². The highest BCUT2D eigenvalue weighted by molar-refractivity contribution is 7.90. The molecule has 4 heterocycles. The molecule has 1 atom stereocenters. The number of aromatic amines is 1. The molecule has 15 heteroatoms. The third-order valence-electron chi connectivity index (χ3n) is 14.6. The first-order valence-electron chi connectivity index (χ1n) is 22.8. The van der Waals surface area contributed by atoms with E-state index in [4.69, 9.17) is 4.74 Å². The smallest absolute Gasteiger partial charge is 0.293 e. The number of nitro groups is 1. The van der Waals surface area contributed by atoms with Gasteiger partial charge in [0.25, 0.3) is 21.6 Å². The molecule has 0 unspecified atom stereocenters. The van der Waals surface area contributed by atoms with Crippen molar-refractivity contribution in [2.45, 2.75) is 113 Å². The van der Waals surface area contributed by atoms with Crippen molar-refractivity contribution in [1.82, 2.24) is 19.6 Å². The molecular formula is C49H59N7O7S. The van der Waals surface area contributed by atoms with Gasteiger partial charge in [-0.25, -0.2) is 18.1 Å². The predicted molar refractivity (Wildman–Crippen MR) is 248 cm³/mol. The molecule has 4 aliphatic rings. The zero-order valence-corrected chi connectivity index (χ0v) is 37.7. The highest BCUT2D eigenvalue weighted by Crippen LogP contribution is 2.54. The number of aliphatic hydroxyl groups is 1. The number of sulfonamides is 1. The maximum atomic E-state index is 14.0. The van der Waals surface area contributed by atoms with Crippen LogP contribution in [0.4, 0.5) is 17.1 Å². The Morgan fingerprint density at radius 2 is 1.77 bits per heavy atom. The number of fused-ring (bicyclic) bond motifs is 1. The number of hydrogen-bond acceptors (Lipinski definition) is 11. The van der Waals surface area contributed by atoms with E-state index < -0.39 is 37.0 Å². The number of H-pyrrole nitrogens is 1. The first-order valence-corrected chi connectivity index (χ1v) is 24.3. The number of carbonyl (C=O) groups excluding carboxylic acids is 1. The molecule has 2 saturated heterocycles. The second-order valence-electron chi connectivity index (χ2n) is 19.2. The molecule has 9 rings (SSSR count). The number of pyridine rings is 1. The van der Waals surface area contributed by atoms with Crippen molar-refractivity contribution in [3.05, 3.63) is 112 Å². The number of hydrogen-bond donors (Lipinski definition) is 4. The number of aromatic nitrogens is 2. The summed E-state index contributed by atoms with van der Waals surface area (Å²) < 4.78 is 36.0. The van der Waals surface area contributed by atoms with Crippen LogP contribution in [0.1, 0.15) is 118 Å². The predicted octanol–water partition coefficient (Wildman–Crippen LogP) is 9.44. The zero-order valence-electron chi connectivity index (χ0n) is 36.9. The lowest BCUT2D eigenvalue weighted by Crippen LogP contribution is -2.54. The number of rotatable bonds is 13. The standard InChI is InChI=1S/C49H59N7O7S/c1-32(2)39-7-4-5-8-40(39)43-9-6-22-55(43)36-28-48(29-36)19-23-54(24-20-48)35-10-12-41(45(26-35)63-37-25-34-16-21-50-46(34)51-30-37)47(57)53-64(61,62)38-11-13-42(44(27-38)56(59)60)52-31-49(58)17-14-33(3)15-18-49/h4-5,7-8,10-13,16,21,25-27,30,32-33,36,43,52,58H,6,9,14-15,17-20,22-24,28-29,31H2,1-3H3,(H,50,51)(H,53,57)/t33?,43-,49?/m0/s1. The fourth-order valence-corrected chi connectivity index (χ4v) is 11.7. The van der Waals surface area contributed by atoms with Crippen molar-refractivity contribution in [2.75, 3.05) is 36.4 Å². The Bertz CT molecular complexity index is 2640. The van der Waals surface area contributed by atoms with Crippen LogP contribution in [0.15, 0.2) is 90.1 Å². The Morgan fingerprint density at radius 1 is 1.00 bits per heavy atom. The van der Waals surface area contributed by atoms with E-state index in [1.807, 2.05) is 12.1 Å². The molecular weight excluding hydrogens is 831 g/mol. The van der Waals surface area contributed by atoms with E-state index >= 15 is 0 Å². The zero-order chi connectivity index (χ0) is 44.8. The third-order valence-corrected chi connectivity index (χ3v) is 15.9. The number of nitrogens with one attached hydrogen (secondary N) is 3. The van der Waals surface area contributed by atoms with E-state index in [0.29, 0.717) is 53.6 Å². The summed E-state index contributed by atoms with van der Waals surface area (Å²) in [5.41, 5.74) is 3.31. The van der Waals surface area contributed by atoms with Crippen molar-refractivity contribution in [2.24, 2.45) is 11.3 Å². The molecule has 0 radical (unpaired) electrons. The van der Waals surface area contributed by atoms with Crippen LogP contribution in [-0.4, -0.2) is 77.0 Å². The molecule has 2 aromatic heterocycles. The van der Waals surface area contributed by atoms with Gasteiger partial charge in [0, 0.05) is 61.1 Å². The molecule has 2 saturated carbocycles. The van der Waals surface area contributed by atoms with Gasteiger partial charge >= 0.3 is 0 Å². The van der Waals surface area contributed by atoms with Gasteiger partial charge in [0.2, 0.25) is 0 Å². The molecule has 0 bridgehead atoms. The van der Waals surface area contributed by atoms with Gasteiger partial charge in [-0.2, -0.15) is 0 Å². The lowest BCUT2D eigenvalue weighted by atomic mass is 9.59. The Kier molecular flexibility index (Phi) is 11.9. The number of benzene rings is 3. The molecule has 2 aliphatic heterocycles. The number of piperidine rings is 1. The maximum absolute atomic E-state index is 14.0. The summed E-state index contributed by atoms with van der Waals surface area (Å²) in [6.45, 7) is 9.61. The second kappa shape index (κ2) is 17.5. The van der Waals surface area contributed by atoms with E-state index in [1.165, 1.54) is 55.1 Å². The summed E-state index contributed by atoms with van der Waals surface area (Å²) in [4.78, 5) is 37.6. The molecule has 4 N–H and O–H groups in total. The van der Waals surface area contributed by atoms with Crippen molar-refractivity contribution in [3.8, 4) is 11.5 Å². The summed E-state index contributed by atoms with van der Waals surface area (Å²) in [5, 5.41) is 27.0. The SMILES string of the molecule is CC1CCC(O)(CNc2ccc(S(=O)(=O)NC(=O)c3ccc(N4CCC5(CC4)CC(N4CCC[C@H]4c4ccccc4C(C)C)C5)cc3Oc3cnc4[nH]ccc4c3)cc2[N+](=O)[O-])CC1. The van der Waals surface area contributed by atoms with Gasteiger partial charge in [-0.15, -0.1) is 0 Å². The van der Waals surface area contributed by atoms with Crippen molar-refractivity contribution in [3.63, 3.8) is 0 Å². The first-order chi connectivity index (χ1) is 30.7. The number of amides is 1. The number of nitrogens with zero attached hydrogens (tertiary/aromatic N) is 4. The van der Waals surface area contributed by atoms with E-state index in [1.54, 1.807) is 24.4 Å². The largest absolute Gasteiger partial charge is 0.455 e. The van der Waals surface area contributed by atoms with Crippen LogP contribution in [0, 0.1) is 21.4 Å². The molecule has 14 nitrogen and oxygen atoms in total.